The highest BCUT2D eigenvalue weighted by Gasteiger charge is 2.14. The molecule has 2 heterocycles. The summed E-state index contributed by atoms with van der Waals surface area (Å²) < 4.78 is 3.80. The maximum absolute atomic E-state index is 9.93. The molecule has 0 saturated heterocycles. The van der Waals surface area contributed by atoms with Gasteiger partial charge in [-0.2, -0.15) is 0 Å². The molecule has 0 saturated carbocycles. The lowest BCUT2D eigenvalue weighted by atomic mass is 10.1. The van der Waals surface area contributed by atoms with Crippen LogP contribution in [0.1, 0.15) is 22.4 Å². The van der Waals surface area contributed by atoms with Crippen molar-refractivity contribution in [2.24, 2.45) is 0 Å². The Bertz CT molecular complexity index is 429. The molecular formula is C10H11N3OS. The molecule has 0 aromatic carbocycles. The third-order valence-electron chi connectivity index (χ3n) is 2.12. The summed E-state index contributed by atoms with van der Waals surface area (Å²) in [5, 5.41) is 13.8. The van der Waals surface area contributed by atoms with Crippen molar-refractivity contribution in [1.29, 1.82) is 0 Å². The van der Waals surface area contributed by atoms with Crippen LogP contribution in [0, 0.1) is 6.92 Å². The lowest BCUT2D eigenvalue weighted by Gasteiger charge is -2.07. The lowest BCUT2D eigenvalue weighted by molar-refractivity contribution is 0.180. The van der Waals surface area contributed by atoms with E-state index in [1.165, 1.54) is 11.5 Å². The molecule has 1 unspecified atom stereocenters. The second-order valence-corrected chi connectivity index (χ2v) is 4.05. The largest absolute Gasteiger partial charge is 0.387 e. The van der Waals surface area contributed by atoms with E-state index in [-0.39, 0.29) is 0 Å². The van der Waals surface area contributed by atoms with Gasteiger partial charge in [0, 0.05) is 18.3 Å². The van der Waals surface area contributed by atoms with Crippen molar-refractivity contribution in [2.45, 2.75) is 19.4 Å². The number of aromatic nitrogens is 3. The zero-order valence-electron chi connectivity index (χ0n) is 8.29. The summed E-state index contributed by atoms with van der Waals surface area (Å²) in [5.74, 6) is 0. The normalized spacial score (nSPS) is 12.7. The molecule has 0 aliphatic heterocycles. The van der Waals surface area contributed by atoms with Gasteiger partial charge in [0.25, 0.3) is 0 Å². The van der Waals surface area contributed by atoms with E-state index in [0.29, 0.717) is 6.42 Å². The Morgan fingerprint density at radius 2 is 2.33 bits per heavy atom. The second-order valence-electron chi connectivity index (χ2n) is 3.26. The van der Waals surface area contributed by atoms with Crippen LogP contribution in [0.5, 0.6) is 0 Å². The standard InChI is InChI=1S/C10H11N3OS/c1-7-10(15-13-12-7)9(14)6-8-4-2-3-5-11-8/h2-5,9,14H,6H2,1H3. The van der Waals surface area contributed by atoms with Crippen molar-refractivity contribution in [3.8, 4) is 0 Å². The number of pyridine rings is 1. The number of hydrogen-bond donors (Lipinski definition) is 1. The first-order chi connectivity index (χ1) is 7.27. The van der Waals surface area contributed by atoms with Crippen LogP contribution in [0.25, 0.3) is 0 Å². The van der Waals surface area contributed by atoms with Gasteiger partial charge in [-0.15, -0.1) is 5.10 Å². The van der Waals surface area contributed by atoms with Gasteiger partial charge in [0.1, 0.15) is 0 Å². The highest BCUT2D eigenvalue weighted by Crippen LogP contribution is 2.22. The zero-order valence-corrected chi connectivity index (χ0v) is 9.11. The fourth-order valence-electron chi connectivity index (χ4n) is 1.35. The number of aryl methyl sites for hydroxylation is 1. The number of nitrogens with zero attached hydrogens (tertiary/aromatic N) is 3. The molecule has 1 N–H and O–H groups in total. The SMILES string of the molecule is Cc1nnsc1C(O)Cc1ccccn1. The van der Waals surface area contributed by atoms with Crippen molar-refractivity contribution in [3.63, 3.8) is 0 Å². The third-order valence-corrected chi connectivity index (χ3v) is 3.05. The van der Waals surface area contributed by atoms with Crippen LogP contribution in [0.4, 0.5) is 0 Å². The Labute approximate surface area is 91.8 Å². The Balaban J connectivity index is 2.11. The summed E-state index contributed by atoms with van der Waals surface area (Å²) in [4.78, 5) is 4.98. The predicted molar refractivity (Wildman–Crippen MR) is 57.5 cm³/mol. The average molecular weight is 221 g/mol. The number of hydrogen-bond acceptors (Lipinski definition) is 5. The zero-order chi connectivity index (χ0) is 10.7. The van der Waals surface area contributed by atoms with E-state index >= 15 is 0 Å². The van der Waals surface area contributed by atoms with Gasteiger partial charge in [-0.25, -0.2) is 0 Å². The van der Waals surface area contributed by atoms with Gasteiger partial charge >= 0.3 is 0 Å². The first-order valence-corrected chi connectivity index (χ1v) is 5.41. The first-order valence-electron chi connectivity index (χ1n) is 4.64. The molecule has 0 spiro atoms. The summed E-state index contributed by atoms with van der Waals surface area (Å²) in [7, 11) is 0. The van der Waals surface area contributed by atoms with Gasteiger partial charge in [-0.05, 0) is 30.6 Å². The average Bonchev–Trinajstić information content (AvgIpc) is 2.66. The molecular weight excluding hydrogens is 210 g/mol. The van der Waals surface area contributed by atoms with Gasteiger partial charge in [-0.1, -0.05) is 10.6 Å². The van der Waals surface area contributed by atoms with Crippen LogP contribution < -0.4 is 0 Å². The van der Waals surface area contributed by atoms with E-state index < -0.39 is 6.10 Å². The third kappa shape index (κ3) is 2.37. The maximum atomic E-state index is 9.93. The maximum Gasteiger partial charge on any atom is 0.0972 e. The van der Waals surface area contributed by atoms with Gasteiger partial charge in [0.2, 0.25) is 0 Å². The molecule has 78 valence electrons. The van der Waals surface area contributed by atoms with Crippen molar-refractivity contribution in [3.05, 3.63) is 40.7 Å². The highest BCUT2D eigenvalue weighted by molar-refractivity contribution is 7.05. The summed E-state index contributed by atoms with van der Waals surface area (Å²) in [6.07, 6.45) is 1.67. The summed E-state index contributed by atoms with van der Waals surface area (Å²) in [6.45, 7) is 1.85. The molecule has 0 radical (unpaired) electrons. The van der Waals surface area contributed by atoms with Crippen molar-refractivity contribution < 1.29 is 5.11 Å². The van der Waals surface area contributed by atoms with Crippen molar-refractivity contribution in [2.75, 3.05) is 0 Å². The van der Waals surface area contributed by atoms with Crippen LogP contribution in [0.2, 0.25) is 0 Å². The molecule has 2 aromatic heterocycles. The minimum Gasteiger partial charge on any atom is -0.387 e. The summed E-state index contributed by atoms with van der Waals surface area (Å²) in [6, 6.07) is 5.66. The molecule has 15 heavy (non-hydrogen) atoms. The highest BCUT2D eigenvalue weighted by atomic mass is 32.1. The number of rotatable bonds is 3. The molecule has 0 aliphatic rings. The summed E-state index contributed by atoms with van der Waals surface area (Å²) >= 11 is 1.24. The van der Waals surface area contributed by atoms with Crippen molar-refractivity contribution >= 4 is 11.5 Å². The topological polar surface area (TPSA) is 58.9 Å². The van der Waals surface area contributed by atoms with E-state index in [1.54, 1.807) is 6.20 Å². The second kappa shape index (κ2) is 4.46. The molecule has 0 aliphatic carbocycles. The molecule has 2 rings (SSSR count). The fraction of sp³-hybridized carbons (Fsp3) is 0.300. The molecule has 0 bridgehead atoms. The van der Waals surface area contributed by atoms with Gasteiger partial charge in [0.05, 0.1) is 16.7 Å². The monoisotopic (exact) mass is 221 g/mol. The van der Waals surface area contributed by atoms with Crippen LogP contribution in [-0.4, -0.2) is 19.7 Å². The van der Waals surface area contributed by atoms with Crippen LogP contribution in [0.15, 0.2) is 24.4 Å². The minimum atomic E-state index is -0.556. The van der Waals surface area contributed by atoms with Crippen LogP contribution in [-0.2, 0) is 6.42 Å². The Hall–Kier alpha value is -1.33. The van der Waals surface area contributed by atoms with Crippen LogP contribution in [0.3, 0.4) is 0 Å². The smallest absolute Gasteiger partial charge is 0.0972 e. The minimum absolute atomic E-state index is 0.506. The van der Waals surface area contributed by atoms with E-state index in [9.17, 15) is 5.11 Å². The summed E-state index contributed by atoms with van der Waals surface area (Å²) in [5.41, 5.74) is 1.67. The molecule has 1 atom stereocenters. The Kier molecular flexibility index (Phi) is 3.03. The van der Waals surface area contributed by atoms with Gasteiger partial charge < -0.3 is 5.11 Å². The van der Waals surface area contributed by atoms with E-state index in [4.69, 9.17) is 0 Å². The Morgan fingerprint density at radius 1 is 1.47 bits per heavy atom. The van der Waals surface area contributed by atoms with Crippen molar-refractivity contribution in [1.82, 2.24) is 14.6 Å². The quantitative estimate of drug-likeness (QED) is 0.853. The molecule has 0 amide bonds. The molecule has 0 fully saturated rings. The Morgan fingerprint density at radius 3 is 2.93 bits per heavy atom. The number of aliphatic hydroxyl groups excluding tert-OH is 1. The van der Waals surface area contributed by atoms with Gasteiger partial charge in [-0.3, -0.25) is 4.98 Å². The predicted octanol–water partition coefficient (Wildman–Crippen LogP) is 1.52. The van der Waals surface area contributed by atoms with E-state index in [2.05, 4.69) is 14.6 Å². The lowest BCUT2D eigenvalue weighted by Crippen LogP contribution is -2.02. The fourth-order valence-corrected chi connectivity index (χ4v) is 1.98. The van der Waals surface area contributed by atoms with Gasteiger partial charge in [0.15, 0.2) is 0 Å². The molecule has 5 heteroatoms. The number of aliphatic hydroxyl groups is 1. The molecule has 2 aromatic rings. The molecule has 4 nitrogen and oxygen atoms in total. The van der Waals surface area contributed by atoms with Crippen LogP contribution >= 0.6 is 11.5 Å². The van der Waals surface area contributed by atoms with E-state index in [1.807, 2.05) is 25.1 Å². The first kappa shape index (κ1) is 10.2. The van der Waals surface area contributed by atoms with E-state index in [0.717, 1.165) is 16.3 Å².